The zero-order valence-electron chi connectivity index (χ0n) is 17.3. The van der Waals surface area contributed by atoms with E-state index in [4.69, 9.17) is 12.2 Å². The summed E-state index contributed by atoms with van der Waals surface area (Å²) in [6.07, 6.45) is 3.14. The number of non-ortho nitro benzene ring substituents is 2. The molecule has 0 unspecified atom stereocenters. The van der Waals surface area contributed by atoms with E-state index in [-0.39, 0.29) is 16.1 Å². The van der Waals surface area contributed by atoms with Crippen LogP contribution in [0.15, 0.2) is 82.9 Å². The van der Waals surface area contributed by atoms with E-state index < -0.39 is 9.85 Å². The number of nitrogens with one attached hydrogen (secondary N) is 1. The Morgan fingerprint density at radius 2 is 1.35 bits per heavy atom. The van der Waals surface area contributed by atoms with Crippen LogP contribution in [0.3, 0.4) is 0 Å². The molecule has 12 heteroatoms. The number of nitro benzene ring substituents is 2. The van der Waals surface area contributed by atoms with Gasteiger partial charge in [-0.25, -0.2) is 5.10 Å². The molecule has 168 valence electrons. The molecule has 0 saturated heterocycles. The Hall–Kier alpha value is -4.84. The summed E-state index contributed by atoms with van der Waals surface area (Å²) in [6.45, 7) is 0. The average molecular weight is 473 g/mol. The van der Waals surface area contributed by atoms with E-state index in [2.05, 4.69) is 20.3 Å². The van der Waals surface area contributed by atoms with E-state index >= 15 is 0 Å². The summed E-state index contributed by atoms with van der Waals surface area (Å²) in [7, 11) is 0. The molecule has 1 heterocycles. The van der Waals surface area contributed by atoms with E-state index in [1.807, 2.05) is 12.1 Å². The Balaban J connectivity index is 1.51. The predicted molar refractivity (Wildman–Crippen MR) is 129 cm³/mol. The molecule has 0 radical (unpaired) electrons. The van der Waals surface area contributed by atoms with E-state index in [1.165, 1.54) is 35.2 Å². The van der Waals surface area contributed by atoms with Crippen molar-refractivity contribution in [1.82, 2.24) is 14.9 Å². The molecule has 0 atom stereocenters. The zero-order chi connectivity index (χ0) is 24.1. The molecule has 1 aromatic heterocycles. The third kappa shape index (κ3) is 5.14. The van der Waals surface area contributed by atoms with Gasteiger partial charge in [0.15, 0.2) is 5.82 Å². The molecule has 4 rings (SSSR count). The average Bonchev–Trinajstić information content (AvgIpc) is 3.22. The maximum atomic E-state index is 10.8. The van der Waals surface area contributed by atoms with Crippen molar-refractivity contribution in [2.45, 2.75) is 0 Å². The molecule has 3 aromatic carbocycles. The molecule has 0 spiro atoms. The van der Waals surface area contributed by atoms with E-state index in [9.17, 15) is 20.2 Å². The summed E-state index contributed by atoms with van der Waals surface area (Å²) in [5.74, 6) is 0.481. The first-order valence-electron chi connectivity index (χ1n) is 9.76. The van der Waals surface area contributed by atoms with E-state index in [0.29, 0.717) is 17.1 Å². The van der Waals surface area contributed by atoms with Gasteiger partial charge in [0.1, 0.15) is 0 Å². The Morgan fingerprint density at radius 3 is 1.88 bits per heavy atom. The fourth-order valence-electron chi connectivity index (χ4n) is 2.92. The summed E-state index contributed by atoms with van der Waals surface area (Å²) in [5.41, 5.74) is 2.83. The van der Waals surface area contributed by atoms with Gasteiger partial charge in [-0.1, -0.05) is 0 Å². The second-order valence-corrected chi connectivity index (χ2v) is 7.30. The highest BCUT2D eigenvalue weighted by Crippen LogP contribution is 2.22. The normalized spacial score (nSPS) is 11.3. The standard InChI is InChI=1S/C22H15N7O4S/c30-28(31)19-9-1-15(2-10-19)13-23-18-7-5-17(6-8-18)21-25-26-22(34)27(21)24-14-16-3-11-20(12-4-16)29(32)33/h1-14H,(H,26,34). The minimum atomic E-state index is -0.467. The number of nitrogens with zero attached hydrogens (tertiary/aromatic N) is 6. The minimum absolute atomic E-state index is 0.00547. The summed E-state index contributed by atoms with van der Waals surface area (Å²) in [5, 5.41) is 32.8. The van der Waals surface area contributed by atoms with Crippen LogP contribution in [-0.2, 0) is 0 Å². The van der Waals surface area contributed by atoms with Gasteiger partial charge >= 0.3 is 0 Å². The van der Waals surface area contributed by atoms with Crippen molar-refractivity contribution in [1.29, 1.82) is 0 Å². The highest BCUT2D eigenvalue weighted by Gasteiger charge is 2.09. The van der Waals surface area contributed by atoms with Crippen LogP contribution in [0, 0.1) is 25.0 Å². The van der Waals surface area contributed by atoms with Crippen LogP contribution < -0.4 is 0 Å². The van der Waals surface area contributed by atoms with Crippen molar-refractivity contribution >= 4 is 41.7 Å². The summed E-state index contributed by atoms with van der Waals surface area (Å²) in [6, 6.07) is 19.3. The van der Waals surface area contributed by atoms with Gasteiger partial charge in [-0.3, -0.25) is 25.2 Å². The monoisotopic (exact) mass is 473 g/mol. The largest absolute Gasteiger partial charge is 0.269 e. The van der Waals surface area contributed by atoms with Crippen molar-refractivity contribution in [3.63, 3.8) is 0 Å². The molecule has 0 aliphatic heterocycles. The van der Waals surface area contributed by atoms with Crippen molar-refractivity contribution < 1.29 is 9.85 Å². The zero-order valence-corrected chi connectivity index (χ0v) is 18.1. The maximum absolute atomic E-state index is 10.8. The van der Waals surface area contributed by atoms with Gasteiger partial charge in [-0.05, 0) is 71.9 Å². The van der Waals surface area contributed by atoms with Crippen molar-refractivity contribution in [2.24, 2.45) is 10.1 Å². The summed E-state index contributed by atoms with van der Waals surface area (Å²) >= 11 is 5.27. The van der Waals surface area contributed by atoms with Crippen LogP contribution in [0.4, 0.5) is 17.1 Å². The van der Waals surface area contributed by atoms with Gasteiger partial charge < -0.3 is 0 Å². The number of aromatic nitrogens is 3. The number of benzene rings is 3. The van der Waals surface area contributed by atoms with Crippen LogP contribution in [-0.4, -0.2) is 37.1 Å². The van der Waals surface area contributed by atoms with Crippen LogP contribution in [0.5, 0.6) is 0 Å². The number of aromatic amines is 1. The molecule has 0 fully saturated rings. The lowest BCUT2D eigenvalue weighted by molar-refractivity contribution is -0.385. The predicted octanol–water partition coefficient (Wildman–Crippen LogP) is 5.06. The number of rotatable bonds is 7. The van der Waals surface area contributed by atoms with Crippen molar-refractivity contribution in [3.05, 3.63) is 109 Å². The number of hydrogen-bond donors (Lipinski definition) is 1. The van der Waals surface area contributed by atoms with Gasteiger partial charge in [-0.15, -0.1) is 0 Å². The van der Waals surface area contributed by atoms with Gasteiger partial charge in [0, 0.05) is 36.0 Å². The molecule has 0 aliphatic carbocycles. The number of hydrogen-bond acceptors (Lipinski definition) is 8. The van der Waals surface area contributed by atoms with Crippen molar-refractivity contribution in [2.75, 3.05) is 0 Å². The van der Waals surface area contributed by atoms with Crippen LogP contribution in [0.2, 0.25) is 0 Å². The molecule has 11 nitrogen and oxygen atoms in total. The lowest BCUT2D eigenvalue weighted by Crippen LogP contribution is -1.95. The fourth-order valence-corrected chi connectivity index (χ4v) is 3.10. The fraction of sp³-hybridized carbons (Fsp3) is 0. The third-order valence-corrected chi connectivity index (χ3v) is 4.93. The van der Waals surface area contributed by atoms with E-state index in [1.54, 1.807) is 42.6 Å². The first kappa shape index (κ1) is 22.4. The Bertz CT molecular complexity index is 1460. The molecule has 34 heavy (non-hydrogen) atoms. The topological polar surface area (TPSA) is 145 Å². The number of aliphatic imine (C=N–C) groups is 1. The van der Waals surface area contributed by atoms with Gasteiger partial charge in [0.2, 0.25) is 4.77 Å². The maximum Gasteiger partial charge on any atom is 0.269 e. The first-order valence-corrected chi connectivity index (χ1v) is 10.2. The molecule has 0 amide bonds. The van der Waals surface area contributed by atoms with Gasteiger partial charge in [-0.2, -0.15) is 14.9 Å². The molecule has 0 bridgehead atoms. The van der Waals surface area contributed by atoms with Crippen LogP contribution in [0.1, 0.15) is 11.1 Å². The smallest absolute Gasteiger partial charge is 0.258 e. The molecule has 0 saturated carbocycles. The summed E-state index contributed by atoms with van der Waals surface area (Å²) in [4.78, 5) is 25.0. The molecular weight excluding hydrogens is 458 g/mol. The first-order chi connectivity index (χ1) is 16.4. The number of H-pyrrole nitrogens is 1. The third-order valence-electron chi connectivity index (χ3n) is 4.67. The highest BCUT2D eigenvalue weighted by molar-refractivity contribution is 7.71. The Labute approximate surface area is 197 Å². The highest BCUT2D eigenvalue weighted by atomic mass is 32.1. The lowest BCUT2D eigenvalue weighted by atomic mass is 10.2. The molecule has 1 N–H and O–H groups in total. The second-order valence-electron chi connectivity index (χ2n) is 6.91. The SMILES string of the molecule is O=[N+]([O-])c1ccc(C=Nc2ccc(-c3n[nH]c(=S)n3N=Cc3ccc([N+](=O)[O-])cc3)cc2)cc1. The minimum Gasteiger partial charge on any atom is -0.258 e. The quantitative estimate of drug-likeness (QED) is 0.172. The second kappa shape index (κ2) is 9.75. The van der Waals surface area contributed by atoms with Crippen LogP contribution >= 0.6 is 12.2 Å². The number of nitro groups is 2. The van der Waals surface area contributed by atoms with Crippen molar-refractivity contribution in [3.8, 4) is 11.4 Å². The van der Waals surface area contributed by atoms with E-state index in [0.717, 1.165) is 11.1 Å². The molecule has 4 aromatic rings. The summed E-state index contributed by atoms with van der Waals surface area (Å²) < 4.78 is 1.74. The Morgan fingerprint density at radius 1 is 0.824 bits per heavy atom. The van der Waals surface area contributed by atoms with Gasteiger partial charge in [0.05, 0.1) is 21.7 Å². The molecular formula is C22H15N7O4S. The lowest BCUT2D eigenvalue weighted by Gasteiger charge is -2.02. The van der Waals surface area contributed by atoms with Crippen LogP contribution in [0.25, 0.3) is 11.4 Å². The Kier molecular flexibility index (Phi) is 6.41. The van der Waals surface area contributed by atoms with Gasteiger partial charge in [0.25, 0.3) is 11.4 Å². The molecule has 0 aliphatic rings.